The van der Waals surface area contributed by atoms with Gasteiger partial charge in [0.25, 0.3) is 0 Å². The second-order valence-electron chi connectivity index (χ2n) is 4.56. The molecule has 0 aromatic heterocycles. The summed E-state index contributed by atoms with van der Waals surface area (Å²) in [6, 6.07) is 8.57. The molecule has 1 aliphatic heterocycles. The first-order valence-electron chi connectivity index (χ1n) is 6.36. The van der Waals surface area contributed by atoms with Gasteiger partial charge in [-0.1, -0.05) is 28.1 Å². The summed E-state index contributed by atoms with van der Waals surface area (Å²) in [7, 11) is 0. The molecule has 1 aliphatic rings. The van der Waals surface area contributed by atoms with Crippen molar-refractivity contribution < 1.29 is 4.74 Å². The average molecular weight is 298 g/mol. The van der Waals surface area contributed by atoms with E-state index in [9.17, 15) is 0 Å². The summed E-state index contributed by atoms with van der Waals surface area (Å²) in [5.41, 5.74) is 1.38. The first-order valence-corrected chi connectivity index (χ1v) is 7.15. The van der Waals surface area contributed by atoms with Gasteiger partial charge in [0.1, 0.15) is 0 Å². The third kappa shape index (κ3) is 4.09. The van der Waals surface area contributed by atoms with Crippen LogP contribution in [0.3, 0.4) is 0 Å². The summed E-state index contributed by atoms with van der Waals surface area (Å²) in [4.78, 5) is 2.51. The van der Waals surface area contributed by atoms with Crippen LogP contribution in [0.4, 0.5) is 0 Å². The summed E-state index contributed by atoms with van der Waals surface area (Å²) >= 11 is 3.52. The minimum Gasteiger partial charge on any atom is -0.378 e. The standard InChI is InChI=1S/C14H20BrNO/c1-2-17-14-6-8-16(9-7-14)11-12-4-3-5-13(15)10-12/h3-5,10,14H,2,6-9,11H2,1H3. The number of benzene rings is 1. The Kier molecular flexibility index (Phi) is 5.01. The van der Waals surface area contributed by atoms with Gasteiger partial charge in [-0.2, -0.15) is 0 Å². The van der Waals surface area contributed by atoms with Gasteiger partial charge in [0.05, 0.1) is 6.10 Å². The van der Waals surface area contributed by atoms with Crippen LogP contribution in [-0.2, 0) is 11.3 Å². The molecule has 2 rings (SSSR count). The predicted molar refractivity (Wildman–Crippen MR) is 74.1 cm³/mol. The van der Waals surface area contributed by atoms with Crippen LogP contribution in [0.15, 0.2) is 28.7 Å². The first kappa shape index (κ1) is 13.1. The molecule has 94 valence electrons. The van der Waals surface area contributed by atoms with Gasteiger partial charge in [0.15, 0.2) is 0 Å². The lowest BCUT2D eigenvalue weighted by Crippen LogP contribution is -2.36. The Hall–Kier alpha value is -0.380. The van der Waals surface area contributed by atoms with Crippen molar-refractivity contribution in [2.24, 2.45) is 0 Å². The van der Waals surface area contributed by atoms with Gasteiger partial charge in [-0.05, 0) is 37.5 Å². The normalized spacial score (nSPS) is 18.5. The van der Waals surface area contributed by atoms with Crippen molar-refractivity contribution in [3.63, 3.8) is 0 Å². The zero-order chi connectivity index (χ0) is 12.1. The van der Waals surface area contributed by atoms with E-state index in [0.717, 1.165) is 26.2 Å². The maximum atomic E-state index is 5.67. The minimum atomic E-state index is 0.485. The molecule has 1 fully saturated rings. The Morgan fingerprint density at radius 1 is 1.35 bits per heavy atom. The van der Waals surface area contributed by atoms with Crippen LogP contribution in [-0.4, -0.2) is 30.7 Å². The molecule has 2 nitrogen and oxygen atoms in total. The van der Waals surface area contributed by atoms with Gasteiger partial charge in [0, 0.05) is 30.7 Å². The van der Waals surface area contributed by atoms with Gasteiger partial charge in [-0.3, -0.25) is 4.90 Å². The van der Waals surface area contributed by atoms with Gasteiger partial charge < -0.3 is 4.74 Å². The number of piperidine rings is 1. The maximum absolute atomic E-state index is 5.67. The number of ether oxygens (including phenoxy) is 1. The van der Waals surface area contributed by atoms with Crippen LogP contribution < -0.4 is 0 Å². The van der Waals surface area contributed by atoms with E-state index in [1.165, 1.54) is 22.9 Å². The summed E-state index contributed by atoms with van der Waals surface area (Å²) in [5.74, 6) is 0. The van der Waals surface area contributed by atoms with E-state index in [0.29, 0.717) is 6.10 Å². The molecule has 1 aromatic rings. The third-order valence-corrected chi connectivity index (χ3v) is 3.73. The van der Waals surface area contributed by atoms with E-state index in [1.54, 1.807) is 0 Å². The molecule has 1 saturated heterocycles. The monoisotopic (exact) mass is 297 g/mol. The average Bonchev–Trinajstić information content (AvgIpc) is 2.32. The zero-order valence-electron chi connectivity index (χ0n) is 10.4. The lowest BCUT2D eigenvalue weighted by molar-refractivity contribution is 0.0125. The summed E-state index contributed by atoms with van der Waals surface area (Å²) in [6.45, 7) is 6.27. The van der Waals surface area contributed by atoms with Crippen molar-refractivity contribution in [3.8, 4) is 0 Å². The summed E-state index contributed by atoms with van der Waals surface area (Å²) in [5, 5.41) is 0. The molecule has 0 atom stereocenters. The van der Waals surface area contributed by atoms with Crippen LogP contribution in [0.25, 0.3) is 0 Å². The Bertz CT molecular complexity index is 348. The fourth-order valence-electron chi connectivity index (χ4n) is 2.36. The number of hydrogen-bond acceptors (Lipinski definition) is 2. The molecule has 1 heterocycles. The smallest absolute Gasteiger partial charge is 0.0599 e. The Balaban J connectivity index is 1.82. The number of likely N-dealkylation sites (tertiary alicyclic amines) is 1. The van der Waals surface area contributed by atoms with Gasteiger partial charge in [0.2, 0.25) is 0 Å². The molecule has 0 unspecified atom stereocenters. The number of nitrogens with zero attached hydrogens (tertiary/aromatic N) is 1. The highest BCUT2D eigenvalue weighted by Crippen LogP contribution is 2.18. The van der Waals surface area contributed by atoms with E-state index in [2.05, 4.69) is 52.0 Å². The second kappa shape index (κ2) is 6.53. The number of halogens is 1. The lowest BCUT2D eigenvalue weighted by atomic mass is 10.1. The van der Waals surface area contributed by atoms with E-state index in [4.69, 9.17) is 4.74 Å². The Morgan fingerprint density at radius 3 is 2.76 bits per heavy atom. The molecule has 1 aromatic carbocycles. The largest absolute Gasteiger partial charge is 0.378 e. The molecule has 0 N–H and O–H groups in total. The fourth-order valence-corrected chi connectivity index (χ4v) is 2.81. The molecule has 0 radical (unpaired) electrons. The topological polar surface area (TPSA) is 12.5 Å². The van der Waals surface area contributed by atoms with Crippen LogP contribution in [0.5, 0.6) is 0 Å². The van der Waals surface area contributed by atoms with E-state index in [1.807, 2.05) is 0 Å². The number of hydrogen-bond donors (Lipinski definition) is 0. The van der Waals surface area contributed by atoms with Crippen LogP contribution >= 0.6 is 15.9 Å². The molecular weight excluding hydrogens is 278 g/mol. The van der Waals surface area contributed by atoms with Crippen molar-refractivity contribution in [1.29, 1.82) is 0 Å². The summed E-state index contributed by atoms with van der Waals surface area (Å²) < 4.78 is 6.83. The van der Waals surface area contributed by atoms with E-state index >= 15 is 0 Å². The van der Waals surface area contributed by atoms with Crippen molar-refractivity contribution in [2.75, 3.05) is 19.7 Å². The molecule has 0 spiro atoms. The highest BCUT2D eigenvalue weighted by Gasteiger charge is 2.18. The number of rotatable bonds is 4. The quantitative estimate of drug-likeness (QED) is 0.844. The highest BCUT2D eigenvalue weighted by atomic mass is 79.9. The molecule has 0 bridgehead atoms. The van der Waals surface area contributed by atoms with Crippen LogP contribution in [0.2, 0.25) is 0 Å². The van der Waals surface area contributed by atoms with Crippen LogP contribution in [0.1, 0.15) is 25.3 Å². The van der Waals surface area contributed by atoms with Crippen molar-refractivity contribution in [2.45, 2.75) is 32.4 Å². The van der Waals surface area contributed by atoms with Crippen molar-refractivity contribution in [1.82, 2.24) is 4.90 Å². The fraction of sp³-hybridized carbons (Fsp3) is 0.571. The van der Waals surface area contributed by atoms with Crippen LogP contribution in [0, 0.1) is 0 Å². The second-order valence-corrected chi connectivity index (χ2v) is 5.48. The molecule has 0 saturated carbocycles. The molecule has 3 heteroatoms. The molecule has 0 aliphatic carbocycles. The molecule has 0 amide bonds. The highest BCUT2D eigenvalue weighted by molar-refractivity contribution is 9.10. The van der Waals surface area contributed by atoms with Gasteiger partial charge in [-0.15, -0.1) is 0 Å². The predicted octanol–water partition coefficient (Wildman–Crippen LogP) is 3.45. The molecule has 17 heavy (non-hydrogen) atoms. The maximum Gasteiger partial charge on any atom is 0.0599 e. The van der Waals surface area contributed by atoms with Gasteiger partial charge in [-0.25, -0.2) is 0 Å². The first-order chi connectivity index (χ1) is 8.28. The minimum absolute atomic E-state index is 0.485. The van der Waals surface area contributed by atoms with E-state index in [-0.39, 0.29) is 0 Å². The molecular formula is C14H20BrNO. The zero-order valence-corrected chi connectivity index (χ0v) is 11.9. The van der Waals surface area contributed by atoms with Crippen molar-refractivity contribution >= 4 is 15.9 Å². The van der Waals surface area contributed by atoms with E-state index < -0.39 is 0 Å². The third-order valence-electron chi connectivity index (χ3n) is 3.23. The lowest BCUT2D eigenvalue weighted by Gasteiger charge is -2.31. The Morgan fingerprint density at radius 2 is 2.12 bits per heavy atom. The van der Waals surface area contributed by atoms with Crippen molar-refractivity contribution in [3.05, 3.63) is 34.3 Å². The van der Waals surface area contributed by atoms with Gasteiger partial charge >= 0.3 is 0 Å². The SMILES string of the molecule is CCOC1CCN(Cc2cccc(Br)c2)CC1. The summed E-state index contributed by atoms with van der Waals surface area (Å²) in [6.07, 6.45) is 2.82. The Labute approximate surface area is 112 Å².